The van der Waals surface area contributed by atoms with Gasteiger partial charge in [0, 0.05) is 6.42 Å². The molecule has 0 heterocycles. The summed E-state index contributed by atoms with van der Waals surface area (Å²) in [7, 11) is -4.66. The van der Waals surface area contributed by atoms with Crippen LogP contribution < -0.4 is 0 Å². The van der Waals surface area contributed by atoms with E-state index in [-0.39, 0.29) is 116 Å². The maximum Gasteiger partial charge on any atom is 0.316 e. The number of carbonyl (C=O) groups is 1. The molecule has 0 bridgehead atoms. The van der Waals surface area contributed by atoms with Crippen molar-refractivity contribution in [1.29, 1.82) is 0 Å². The Morgan fingerprint density at radius 2 is 0.966 bits per heavy atom. The van der Waals surface area contributed by atoms with Crippen LogP contribution in [0.1, 0.15) is 110 Å². The standard InChI is InChI=1S/C18H37O5P.2Ca.Mg.2H2O.6H/c1-2-3-4-5-6-7-8-9-10-11-12-13-14-15-16-17-18(19)23-24(20,21)22;;;;;;;;;;;/h2-17H2,1H3,(H2,20,21,22);;;;2*1H2;;;;;;. The van der Waals surface area contributed by atoms with E-state index in [1.807, 2.05) is 0 Å². The number of hydrogen-bond acceptors (Lipinski definition) is 3. The Bertz CT molecular complexity index is 361. The molecule has 0 aliphatic carbocycles. The van der Waals surface area contributed by atoms with Crippen molar-refractivity contribution in [1.82, 2.24) is 0 Å². The Hall–Kier alpha value is 2.83. The van der Waals surface area contributed by atoms with Crippen molar-refractivity contribution in [3.05, 3.63) is 0 Å². The summed E-state index contributed by atoms with van der Waals surface area (Å²) in [5.41, 5.74) is 0. The third-order valence-corrected chi connectivity index (χ3v) is 4.65. The molecule has 29 heavy (non-hydrogen) atoms. The Labute approximate surface area is 253 Å². The van der Waals surface area contributed by atoms with Crippen LogP contribution in [0.25, 0.3) is 0 Å². The average molecular weight is 511 g/mol. The van der Waals surface area contributed by atoms with Gasteiger partial charge < -0.3 is 15.5 Å². The van der Waals surface area contributed by atoms with E-state index in [0.717, 1.165) is 12.8 Å². The summed E-state index contributed by atoms with van der Waals surface area (Å²) in [6.45, 7) is 2.25. The molecule has 0 saturated heterocycles. The van der Waals surface area contributed by atoms with Gasteiger partial charge in [0.2, 0.25) is 0 Å². The van der Waals surface area contributed by atoms with Crippen LogP contribution in [0, 0.1) is 0 Å². The molecule has 0 spiro atoms. The van der Waals surface area contributed by atoms with Crippen molar-refractivity contribution >= 4 is 112 Å². The van der Waals surface area contributed by atoms with Gasteiger partial charge in [0.1, 0.15) is 0 Å². The fraction of sp³-hybridized carbons (Fsp3) is 0.944. The fourth-order valence-electron chi connectivity index (χ4n) is 2.82. The van der Waals surface area contributed by atoms with Gasteiger partial charge in [-0.1, -0.05) is 96.8 Å². The van der Waals surface area contributed by atoms with Gasteiger partial charge in [0.15, 0.2) is 0 Å². The predicted molar refractivity (Wildman–Crippen MR) is 131 cm³/mol. The van der Waals surface area contributed by atoms with E-state index in [1.165, 1.54) is 77.0 Å². The molecule has 0 aromatic heterocycles. The molecule has 6 N–H and O–H groups in total. The van der Waals surface area contributed by atoms with Crippen LogP contribution in [0.15, 0.2) is 0 Å². The second-order valence-corrected chi connectivity index (χ2v) is 7.82. The molecule has 0 aliphatic rings. The molecule has 172 valence electrons. The third kappa shape index (κ3) is 41.6. The van der Waals surface area contributed by atoms with Gasteiger partial charge in [0.05, 0.1) is 0 Å². The van der Waals surface area contributed by atoms with E-state index in [9.17, 15) is 9.36 Å². The summed E-state index contributed by atoms with van der Waals surface area (Å²) in [5, 5.41) is 0. The van der Waals surface area contributed by atoms with Gasteiger partial charge >= 0.3 is 112 Å². The average Bonchev–Trinajstić information content (AvgIpc) is 2.49. The zero-order valence-corrected chi connectivity index (χ0v) is 17.3. The first-order chi connectivity index (χ1) is 11.5. The molecule has 0 atom stereocenters. The molecule has 0 aromatic rings. The van der Waals surface area contributed by atoms with Crippen molar-refractivity contribution in [2.24, 2.45) is 0 Å². The van der Waals surface area contributed by atoms with Crippen molar-refractivity contribution in [2.45, 2.75) is 110 Å². The largest absolute Gasteiger partial charge is 0.316 e. The smallest absolute Gasteiger partial charge is 0.316 e. The summed E-state index contributed by atoms with van der Waals surface area (Å²) < 4.78 is 14.4. The van der Waals surface area contributed by atoms with E-state index in [4.69, 9.17) is 9.79 Å². The van der Waals surface area contributed by atoms with Crippen LogP contribution in [-0.4, -0.2) is 125 Å². The Kier molecular flexibility index (Phi) is 51.6. The van der Waals surface area contributed by atoms with Crippen molar-refractivity contribution in [3.8, 4) is 0 Å². The van der Waals surface area contributed by atoms with Gasteiger partial charge in [-0.05, 0) is 6.42 Å². The van der Waals surface area contributed by atoms with Gasteiger partial charge in [-0.2, -0.15) is 0 Å². The molecule has 0 radical (unpaired) electrons. The summed E-state index contributed by atoms with van der Waals surface area (Å²) in [6, 6.07) is 0. The van der Waals surface area contributed by atoms with Gasteiger partial charge in [-0.25, -0.2) is 4.57 Å². The Morgan fingerprint density at radius 3 is 1.24 bits per heavy atom. The number of phosphoric ester groups is 1. The maximum absolute atomic E-state index is 11.1. The first kappa shape index (κ1) is 45.3. The predicted octanol–water partition coefficient (Wildman–Crippen LogP) is 1.49. The van der Waals surface area contributed by atoms with E-state index in [2.05, 4.69) is 11.4 Å². The Morgan fingerprint density at radius 1 is 0.690 bits per heavy atom. The first-order valence-corrected chi connectivity index (χ1v) is 11.3. The minimum atomic E-state index is -4.66. The van der Waals surface area contributed by atoms with Gasteiger partial charge in [0.25, 0.3) is 0 Å². The molecular weight excluding hydrogens is 464 g/mol. The molecule has 0 rings (SSSR count). The van der Waals surface area contributed by atoms with Crippen LogP contribution >= 0.6 is 7.82 Å². The first-order valence-electron chi connectivity index (χ1n) is 9.73. The number of rotatable bonds is 17. The molecule has 11 heteroatoms. The molecular formula is C18H47Ca2MgO7P. The second kappa shape index (κ2) is 33.0. The van der Waals surface area contributed by atoms with Crippen molar-refractivity contribution in [3.63, 3.8) is 0 Å². The quantitative estimate of drug-likeness (QED) is 0.173. The fourth-order valence-corrected chi connectivity index (χ4v) is 3.18. The summed E-state index contributed by atoms with van der Waals surface area (Å²) >= 11 is 0. The normalized spacial score (nSPS) is 9.62. The van der Waals surface area contributed by atoms with E-state index in [1.54, 1.807) is 0 Å². The third-order valence-electron chi connectivity index (χ3n) is 4.21. The Balaban J connectivity index is -0.000000264. The van der Waals surface area contributed by atoms with Crippen LogP contribution in [0.4, 0.5) is 0 Å². The summed E-state index contributed by atoms with van der Waals surface area (Å²) in [5.74, 6) is -0.807. The molecule has 0 aliphatic heterocycles. The van der Waals surface area contributed by atoms with E-state index >= 15 is 0 Å². The molecule has 0 unspecified atom stereocenters. The number of unbranched alkanes of at least 4 members (excludes halogenated alkanes) is 14. The minimum Gasteiger partial charge on any atom is 0.316 e. The number of carbonyl (C=O) groups excluding carboxylic acids is 1. The molecule has 0 amide bonds. The minimum absolute atomic E-state index is 0. The topological polar surface area (TPSA) is 147 Å². The second-order valence-electron chi connectivity index (χ2n) is 6.65. The van der Waals surface area contributed by atoms with E-state index in [0.29, 0.717) is 6.42 Å². The van der Waals surface area contributed by atoms with Crippen LogP contribution in [0.3, 0.4) is 0 Å². The zero-order valence-electron chi connectivity index (χ0n) is 16.4. The van der Waals surface area contributed by atoms with Gasteiger partial charge in [-0.3, -0.25) is 14.6 Å². The van der Waals surface area contributed by atoms with Crippen molar-refractivity contribution < 1.29 is 34.6 Å². The van der Waals surface area contributed by atoms with Crippen LogP contribution in [0.2, 0.25) is 0 Å². The number of phosphoric acid groups is 1. The molecule has 0 aromatic carbocycles. The maximum atomic E-state index is 11.1. The summed E-state index contributed by atoms with van der Waals surface area (Å²) in [4.78, 5) is 28.0. The van der Waals surface area contributed by atoms with Crippen LogP contribution in [0.5, 0.6) is 0 Å². The number of hydrogen-bond donors (Lipinski definition) is 2. The SMILES string of the molecule is CCCCCCCCCCCCCCCCCC(=O)OP(=O)(O)O.O.O.[CaH2].[CaH2].[MgH2]. The monoisotopic (exact) mass is 510 g/mol. The summed E-state index contributed by atoms with van der Waals surface area (Å²) in [6.07, 6.45) is 18.7. The zero-order chi connectivity index (χ0) is 18.1. The molecule has 0 fully saturated rings. The van der Waals surface area contributed by atoms with E-state index < -0.39 is 13.8 Å². The van der Waals surface area contributed by atoms with Crippen LogP contribution in [-0.2, 0) is 13.9 Å². The molecule has 7 nitrogen and oxygen atoms in total. The van der Waals surface area contributed by atoms with Gasteiger partial charge in [-0.15, -0.1) is 0 Å². The molecule has 0 saturated carbocycles. The van der Waals surface area contributed by atoms with Crippen molar-refractivity contribution in [2.75, 3.05) is 0 Å².